The summed E-state index contributed by atoms with van der Waals surface area (Å²) in [5.74, 6) is 0.721. The van der Waals surface area contributed by atoms with Gasteiger partial charge in [-0.15, -0.1) is 0 Å². The van der Waals surface area contributed by atoms with Gasteiger partial charge in [-0.1, -0.05) is 58.9 Å². The monoisotopic (exact) mass is 512 g/mol. The third-order valence-corrected chi connectivity index (χ3v) is 13.1. The van der Waals surface area contributed by atoms with Crippen LogP contribution in [0.15, 0.2) is 24.3 Å². The van der Waals surface area contributed by atoms with E-state index in [1.54, 1.807) is 6.08 Å². The van der Waals surface area contributed by atoms with Crippen molar-refractivity contribution < 1.29 is 24.5 Å². The lowest BCUT2D eigenvalue weighted by atomic mass is 9.33. The predicted molar refractivity (Wildman–Crippen MR) is 143 cm³/mol. The number of carbonyl (C=O) groups is 2. The molecule has 206 valence electrons. The van der Waals surface area contributed by atoms with Gasteiger partial charge < -0.3 is 19.7 Å². The molecule has 2 N–H and O–H groups in total. The zero-order valence-corrected chi connectivity index (χ0v) is 23.6. The van der Waals surface area contributed by atoms with E-state index in [1.165, 1.54) is 5.57 Å². The van der Waals surface area contributed by atoms with Gasteiger partial charge in [-0.2, -0.15) is 0 Å². The Bertz CT molecular complexity index is 1000. The van der Waals surface area contributed by atoms with Gasteiger partial charge in [0.1, 0.15) is 18.3 Å². The second-order valence-corrected chi connectivity index (χ2v) is 14.4. The highest BCUT2D eigenvalue weighted by molar-refractivity contribution is 5.79. The SMILES string of the molecule is C=CCOC(=O)[C@]12CC[C@@H](C)CC1C1=CCC3C4(C)CC[C@H](O)[C@](C)(C=O)[C@@H]4CC[C@]3(C)[C@]1(C)CC2O. The van der Waals surface area contributed by atoms with Crippen LogP contribution in [0.4, 0.5) is 0 Å². The van der Waals surface area contributed by atoms with Crippen molar-refractivity contribution in [1.29, 1.82) is 0 Å². The van der Waals surface area contributed by atoms with Gasteiger partial charge in [0.05, 0.1) is 17.6 Å². The highest BCUT2D eigenvalue weighted by Crippen LogP contribution is 2.75. The van der Waals surface area contributed by atoms with E-state index in [1.807, 2.05) is 6.92 Å². The van der Waals surface area contributed by atoms with Crippen LogP contribution in [0, 0.1) is 50.7 Å². The van der Waals surface area contributed by atoms with Gasteiger partial charge in [0.25, 0.3) is 0 Å². The minimum atomic E-state index is -0.879. The number of allylic oxidation sites excluding steroid dienone is 2. The van der Waals surface area contributed by atoms with Gasteiger partial charge in [-0.05, 0) is 97.7 Å². The molecule has 0 saturated heterocycles. The van der Waals surface area contributed by atoms with Crippen molar-refractivity contribution in [1.82, 2.24) is 0 Å². The average molecular weight is 513 g/mol. The second-order valence-electron chi connectivity index (χ2n) is 14.4. The number of fused-ring (bicyclic) bond motifs is 7. The molecule has 5 nitrogen and oxygen atoms in total. The second kappa shape index (κ2) is 8.78. The van der Waals surface area contributed by atoms with E-state index in [0.717, 1.165) is 44.8 Å². The Morgan fingerprint density at radius 3 is 2.49 bits per heavy atom. The van der Waals surface area contributed by atoms with Crippen LogP contribution in [0.3, 0.4) is 0 Å². The van der Waals surface area contributed by atoms with Gasteiger partial charge in [-0.3, -0.25) is 4.79 Å². The molecule has 0 aliphatic heterocycles. The minimum absolute atomic E-state index is 0.0148. The third-order valence-electron chi connectivity index (χ3n) is 13.1. The Morgan fingerprint density at radius 1 is 1.08 bits per heavy atom. The van der Waals surface area contributed by atoms with Crippen molar-refractivity contribution in [3.63, 3.8) is 0 Å². The van der Waals surface area contributed by atoms with Crippen LogP contribution in [0.1, 0.15) is 92.4 Å². The molecule has 5 heteroatoms. The number of aliphatic hydroxyl groups is 2. The minimum Gasteiger partial charge on any atom is -0.461 e. The maximum Gasteiger partial charge on any atom is 0.315 e. The van der Waals surface area contributed by atoms with Gasteiger partial charge in [-0.25, -0.2) is 0 Å². The summed E-state index contributed by atoms with van der Waals surface area (Å²) in [5, 5.41) is 22.8. The Morgan fingerprint density at radius 2 is 1.81 bits per heavy atom. The van der Waals surface area contributed by atoms with E-state index in [2.05, 4.69) is 40.3 Å². The number of hydrogen-bond acceptors (Lipinski definition) is 5. The molecule has 0 spiro atoms. The van der Waals surface area contributed by atoms with E-state index in [9.17, 15) is 19.8 Å². The standard InChI is InChI=1S/C32H48O5/c1-7-16-37-27(36)32-15-10-20(2)17-22(32)21-8-9-24-28(3)13-12-25(34)29(4,19-33)23(28)11-14-30(24,5)31(21,6)18-26(32)35/h7-8,19-20,22-26,34-35H,1,9-18H2,2-6H3/t20-,22?,23-,24?,25+,26?,28?,29-,30+,31-,32-/m1/s1. The van der Waals surface area contributed by atoms with Gasteiger partial charge in [0.2, 0.25) is 0 Å². The van der Waals surface area contributed by atoms with E-state index in [4.69, 9.17) is 4.74 Å². The molecule has 4 fully saturated rings. The van der Waals surface area contributed by atoms with Crippen LogP contribution < -0.4 is 0 Å². The molecular weight excluding hydrogens is 464 g/mol. The van der Waals surface area contributed by atoms with Crippen molar-refractivity contribution in [2.24, 2.45) is 50.7 Å². The van der Waals surface area contributed by atoms with Crippen LogP contribution in [0.2, 0.25) is 0 Å². The fourth-order valence-corrected chi connectivity index (χ4v) is 10.7. The summed E-state index contributed by atoms with van der Waals surface area (Å²) in [7, 11) is 0. The topological polar surface area (TPSA) is 83.8 Å². The number of esters is 1. The first kappa shape index (κ1) is 27.1. The highest BCUT2D eigenvalue weighted by atomic mass is 16.5. The molecule has 5 aliphatic carbocycles. The first-order chi connectivity index (χ1) is 17.3. The molecule has 4 saturated carbocycles. The quantitative estimate of drug-likeness (QED) is 0.289. The molecule has 0 bridgehead atoms. The molecule has 4 unspecified atom stereocenters. The number of ether oxygens (including phenoxy) is 1. The summed E-state index contributed by atoms with van der Waals surface area (Å²) in [4.78, 5) is 26.0. The first-order valence-electron chi connectivity index (χ1n) is 14.7. The van der Waals surface area contributed by atoms with Crippen molar-refractivity contribution in [3.05, 3.63) is 24.3 Å². The lowest BCUT2D eigenvalue weighted by Crippen LogP contribution is -2.67. The van der Waals surface area contributed by atoms with Crippen LogP contribution >= 0.6 is 0 Å². The van der Waals surface area contributed by atoms with Gasteiger partial charge >= 0.3 is 5.97 Å². The maximum absolute atomic E-state index is 13.6. The van der Waals surface area contributed by atoms with Crippen LogP contribution in [0.25, 0.3) is 0 Å². The molecule has 0 heterocycles. The molecule has 0 aromatic heterocycles. The molecule has 0 amide bonds. The molecular formula is C32H48O5. The number of aliphatic hydroxyl groups excluding tert-OH is 2. The Kier molecular flexibility index (Phi) is 6.43. The summed E-state index contributed by atoms with van der Waals surface area (Å²) in [5.41, 5.74) is -0.581. The lowest BCUT2D eigenvalue weighted by Gasteiger charge is -2.71. The molecule has 0 radical (unpaired) electrons. The predicted octanol–water partition coefficient (Wildman–Crippen LogP) is 5.64. The number of aldehydes is 1. The Hall–Kier alpha value is -1.46. The first-order valence-corrected chi connectivity index (χ1v) is 14.7. The van der Waals surface area contributed by atoms with Crippen molar-refractivity contribution in [3.8, 4) is 0 Å². The van der Waals surface area contributed by atoms with E-state index in [0.29, 0.717) is 31.1 Å². The fraction of sp³-hybridized carbons (Fsp3) is 0.812. The third kappa shape index (κ3) is 3.35. The smallest absolute Gasteiger partial charge is 0.315 e. The highest BCUT2D eigenvalue weighted by Gasteiger charge is 2.71. The zero-order chi connectivity index (χ0) is 27.0. The van der Waals surface area contributed by atoms with E-state index >= 15 is 0 Å². The molecule has 0 aromatic carbocycles. The average Bonchev–Trinajstić information content (AvgIpc) is 2.85. The molecule has 37 heavy (non-hydrogen) atoms. The summed E-state index contributed by atoms with van der Waals surface area (Å²) in [6, 6.07) is 0. The molecule has 0 aromatic rings. The van der Waals surface area contributed by atoms with Crippen molar-refractivity contribution >= 4 is 12.3 Å². The van der Waals surface area contributed by atoms with Gasteiger partial charge in [0, 0.05) is 0 Å². The van der Waals surface area contributed by atoms with Crippen LogP contribution in [0.5, 0.6) is 0 Å². The van der Waals surface area contributed by atoms with E-state index < -0.39 is 23.0 Å². The normalized spacial score (nSPS) is 52.9. The number of carbonyl (C=O) groups excluding carboxylic acids is 2. The summed E-state index contributed by atoms with van der Waals surface area (Å²) in [6.07, 6.45) is 11.2. The maximum atomic E-state index is 13.6. The number of rotatable bonds is 4. The molecule has 5 aliphatic rings. The van der Waals surface area contributed by atoms with Gasteiger partial charge in [0.15, 0.2) is 0 Å². The van der Waals surface area contributed by atoms with Crippen LogP contribution in [-0.2, 0) is 14.3 Å². The largest absolute Gasteiger partial charge is 0.461 e. The molecule has 5 rings (SSSR count). The summed E-state index contributed by atoms with van der Waals surface area (Å²) in [6.45, 7) is 15.3. The van der Waals surface area contributed by atoms with Crippen molar-refractivity contribution in [2.45, 2.75) is 105 Å². The number of hydrogen-bond donors (Lipinski definition) is 2. The van der Waals surface area contributed by atoms with Crippen molar-refractivity contribution in [2.75, 3.05) is 6.61 Å². The fourth-order valence-electron chi connectivity index (χ4n) is 10.7. The zero-order valence-electron chi connectivity index (χ0n) is 23.6. The summed E-state index contributed by atoms with van der Waals surface area (Å²) < 4.78 is 5.67. The molecule has 11 atom stereocenters. The lowest BCUT2D eigenvalue weighted by molar-refractivity contribution is -0.217. The summed E-state index contributed by atoms with van der Waals surface area (Å²) >= 11 is 0. The Balaban J connectivity index is 1.60. The van der Waals surface area contributed by atoms with Crippen LogP contribution in [-0.4, -0.2) is 41.3 Å². The Labute approximate surface area is 223 Å². The van der Waals surface area contributed by atoms with E-state index in [-0.39, 0.29) is 40.7 Å².